The third kappa shape index (κ3) is 4.97. The Labute approximate surface area is 215 Å². The number of halogens is 2. The van der Waals surface area contributed by atoms with E-state index in [4.69, 9.17) is 27.9 Å². The Morgan fingerprint density at radius 3 is 2.40 bits per heavy atom. The van der Waals surface area contributed by atoms with E-state index in [1.54, 1.807) is 7.11 Å². The number of nitrogens with zero attached hydrogens (tertiary/aromatic N) is 2. The second-order valence-corrected chi connectivity index (χ2v) is 9.59. The third-order valence-corrected chi connectivity index (χ3v) is 7.14. The molecule has 1 saturated heterocycles. The molecule has 180 valence electrons. The van der Waals surface area contributed by atoms with Gasteiger partial charge in [-0.05, 0) is 53.9 Å². The van der Waals surface area contributed by atoms with Gasteiger partial charge < -0.3 is 19.5 Å². The fraction of sp³-hybridized carbons (Fsp3) is 0.250. The number of benzene rings is 3. The molecule has 0 atom stereocenters. The summed E-state index contributed by atoms with van der Waals surface area (Å²) >= 11 is 12.3. The lowest BCUT2D eigenvalue weighted by Crippen LogP contribution is -2.48. The molecule has 1 aliphatic heterocycles. The fourth-order valence-corrected chi connectivity index (χ4v) is 5.13. The predicted octanol–water partition coefficient (Wildman–Crippen LogP) is 6.43. The number of carbonyl (C=O) groups is 1. The minimum atomic E-state index is 0.176. The summed E-state index contributed by atoms with van der Waals surface area (Å²) in [5.41, 5.74) is 5.21. The molecule has 35 heavy (non-hydrogen) atoms. The van der Waals surface area contributed by atoms with Crippen LogP contribution < -0.4 is 9.64 Å². The van der Waals surface area contributed by atoms with E-state index in [2.05, 4.69) is 16.0 Å². The number of aromatic nitrogens is 1. The molecule has 0 radical (unpaired) electrons. The Kier molecular flexibility index (Phi) is 6.89. The highest BCUT2D eigenvalue weighted by atomic mass is 35.5. The first kappa shape index (κ1) is 23.6. The highest BCUT2D eigenvalue weighted by Gasteiger charge is 2.23. The molecular weight excluding hydrogens is 481 g/mol. The van der Waals surface area contributed by atoms with Gasteiger partial charge in [0, 0.05) is 59.2 Å². The zero-order chi connectivity index (χ0) is 24.4. The number of fused-ring (bicyclic) bond motifs is 1. The molecule has 3 aromatic carbocycles. The van der Waals surface area contributed by atoms with Crippen molar-refractivity contribution in [3.8, 4) is 17.0 Å². The van der Waals surface area contributed by atoms with Crippen LogP contribution in [0.4, 0.5) is 5.69 Å². The second-order valence-electron chi connectivity index (χ2n) is 8.72. The molecule has 1 amide bonds. The Morgan fingerprint density at radius 1 is 0.943 bits per heavy atom. The average molecular weight is 508 g/mol. The second kappa shape index (κ2) is 10.2. The van der Waals surface area contributed by atoms with Gasteiger partial charge >= 0.3 is 0 Å². The Morgan fingerprint density at radius 2 is 1.66 bits per heavy atom. The minimum Gasteiger partial charge on any atom is -0.495 e. The molecule has 5 nitrogen and oxygen atoms in total. The highest BCUT2D eigenvalue weighted by Crippen LogP contribution is 2.34. The number of hydrogen-bond acceptors (Lipinski definition) is 3. The normalized spacial score (nSPS) is 13.9. The molecule has 1 aliphatic rings. The van der Waals surface area contributed by atoms with E-state index >= 15 is 0 Å². The number of nitrogens with one attached hydrogen (secondary N) is 1. The number of carbonyl (C=O) groups excluding carboxylic acids is 1. The SMILES string of the molecule is COc1ccccc1N1CCN(C(=O)CCc2c(-c3ccc(Cl)cc3)[nH]c3cc(Cl)ccc23)CC1. The Balaban J connectivity index is 1.30. The summed E-state index contributed by atoms with van der Waals surface area (Å²) < 4.78 is 5.51. The molecule has 1 aromatic heterocycles. The molecule has 1 fully saturated rings. The number of H-pyrrole nitrogens is 1. The van der Waals surface area contributed by atoms with E-state index in [0.717, 1.165) is 52.3 Å². The number of amides is 1. The summed E-state index contributed by atoms with van der Waals surface area (Å²) in [7, 11) is 1.69. The van der Waals surface area contributed by atoms with Gasteiger partial charge in [-0.25, -0.2) is 0 Å². The molecule has 0 bridgehead atoms. The first-order chi connectivity index (χ1) is 17.0. The van der Waals surface area contributed by atoms with Gasteiger partial charge in [0.25, 0.3) is 0 Å². The van der Waals surface area contributed by atoms with Crippen LogP contribution in [0.1, 0.15) is 12.0 Å². The molecule has 0 spiro atoms. The van der Waals surface area contributed by atoms with Crippen molar-refractivity contribution in [2.75, 3.05) is 38.2 Å². The topological polar surface area (TPSA) is 48.6 Å². The summed E-state index contributed by atoms with van der Waals surface area (Å²) in [5.74, 6) is 1.04. The molecule has 5 rings (SSSR count). The van der Waals surface area contributed by atoms with Crippen LogP contribution in [-0.2, 0) is 11.2 Å². The predicted molar refractivity (Wildman–Crippen MR) is 144 cm³/mol. The first-order valence-electron chi connectivity index (χ1n) is 11.8. The van der Waals surface area contributed by atoms with E-state index in [9.17, 15) is 4.79 Å². The highest BCUT2D eigenvalue weighted by molar-refractivity contribution is 6.31. The van der Waals surface area contributed by atoms with Crippen LogP contribution in [0.2, 0.25) is 10.0 Å². The van der Waals surface area contributed by atoms with Crippen LogP contribution in [-0.4, -0.2) is 49.1 Å². The molecule has 2 heterocycles. The largest absolute Gasteiger partial charge is 0.495 e. The van der Waals surface area contributed by atoms with Gasteiger partial charge in [0.2, 0.25) is 5.91 Å². The maximum Gasteiger partial charge on any atom is 0.223 e. The lowest BCUT2D eigenvalue weighted by Gasteiger charge is -2.36. The number of piperazine rings is 1. The Hall–Kier alpha value is -3.15. The fourth-order valence-electron chi connectivity index (χ4n) is 4.83. The van der Waals surface area contributed by atoms with Crippen LogP contribution >= 0.6 is 23.2 Å². The molecule has 4 aromatic rings. The van der Waals surface area contributed by atoms with Gasteiger partial charge in [0.05, 0.1) is 12.8 Å². The molecule has 0 saturated carbocycles. The number of methoxy groups -OCH3 is 1. The number of aryl methyl sites for hydroxylation is 1. The monoisotopic (exact) mass is 507 g/mol. The van der Waals surface area contributed by atoms with Crippen molar-refractivity contribution in [3.05, 3.63) is 82.3 Å². The molecular formula is C28H27Cl2N3O2. The van der Waals surface area contributed by atoms with Gasteiger partial charge in [0.1, 0.15) is 5.75 Å². The number of hydrogen-bond donors (Lipinski definition) is 1. The smallest absolute Gasteiger partial charge is 0.223 e. The van der Waals surface area contributed by atoms with Gasteiger partial charge in [-0.1, -0.05) is 53.5 Å². The number of para-hydroxylation sites is 2. The van der Waals surface area contributed by atoms with Crippen LogP contribution in [0.3, 0.4) is 0 Å². The van der Waals surface area contributed by atoms with Crippen molar-refractivity contribution in [3.63, 3.8) is 0 Å². The molecule has 0 aliphatic carbocycles. The molecule has 1 N–H and O–H groups in total. The average Bonchev–Trinajstić information content (AvgIpc) is 3.25. The first-order valence-corrected chi connectivity index (χ1v) is 12.5. The third-order valence-electron chi connectivity index (χ3n) is 6.65. The van der Waals surface area contributed by atoms with E-state index < -0.39 is 0 Å². The quantitative estimate of drug-likeness (QED) is 0.327. The van der Waals surface area contributed by atoms with Crippen LogP contribution in [0, 0.1) is 0 Å². The standard InChI is InChI=1S/C28H27Cl2N3O2/c1-35-26-5-3-2-4-25(26)32-14-16-33(17-15-32)27(34)13-12-23-22-11-10-21(30)18-24(22)31-28(23)19-6-8-20(29)9-7-19/h2-11,18,31H,12-17H2,1H3. The number of aromatic amines is 1. The van der Waals surface area contributed by atoms with Gasteiger partial charge in [-0.3, -0.25) is 4.79 Å². The number of anilines is 1. The maximum absolute atomic E-state index is 13.2. The maximum atomic E-state index is 13.2. The van der Waals surface area contributed by atoms with E-state index in [-0.39, 0.29) is 5.91 Å². The van der Waals surface area contributed by atoms with E-state index in [1.165, 1.54) is 0 Å². The van der Waals surface area contributed by atoms with Crippen molar-refractivity contribution in [1.82, 2.24) is 9.88 Å². The molecule has 7 heteroatoms. The summed E-state index contributed by atoms with van der Waals surface area (Å²) in [6.07, 6.45) is 1.09. The van der Waals surface area contributed by atoms with Crippen molar-refractivity contribution < 1.29 is 9.53 Å². The number of rotatable bonds is 6. The van der Waals surface area contributed by atoms with Gasteiger partial charge in [-0.15, -0.1) is 0 Å². The van der Waals surface area contributed by atoms with E-state index in [1.807, 2.05) is 65.6 Å². The lowest BCUT2D eigenvalue weighted by molar-refractivity contribution is -0.131. The zero-order valence-corrected chi connectivity index (χ0v) is 21.1. The van der Waals surface area contributed by atoms with Crippen molar-refractivity contribution >= 4 is 45.7 Å². The van der Waals surface area contributed by atoms with Crippen LogP contribution in [0.15, 0.2) is 66.7 Å². The van der Waals surface area contributed by atoms with Crippen molar-refractivity contribution in [2.24, 2.45) is 0 Å². The minimum absolute atomic E-state index is 0.176. The van der Waals surface area contributed by atoms with Crippen LogP contribution in [0.25, 0.3) is 22.2 Å². The number of ether oxygens (including phenoxy) is 1. The lowest BCUT2D eigenvalue weighted by atomic mass is 10.0. The summed E-state index contributed by atoms with van der Waals surface area (Å²) in [5, 5.41) is 2.46. The summed E-state index contributed by atoms with van der Waals surface area (Å²) in [6.45, 7) is 2.97. The van der Waals surface area contributed by atoms with Crippen molar-refractivity contribution in [2.45, 2.75) is 12.8 Å². The Bertz CT molecular complexity index is 1340. The zero-order valence-electron chi connectivity index (χ0n) is 19.6. The van der Waals surface area contributed by atoms with Crippen molar-refractivity contribution in [1.29, 1.82) is 0 Å². The van der Waals surface area contributed by atoms with Crippen LogP contribution in [0.5, 0.6) is 5.75 Å². The van der Waals surface area contributed by atoms with Gasteiger partial charge in [0.15, 0.2) is 0 Å². The molecule has 0 unspecified atom stereocenters. The van der Waals surface area contributed by atoms with Gasteiger partial charge in [-0.2, -0.15) is 0 Å². The summed E-state index contributed by atoms with van der Waals surface area (Å²) in [6, 6.07) is 21.6. The van der Waals surface area contributed by atoms with E-state index in [0.29, 0.717) is 36.0 Å². The summed E-state index contributed by atoms with van der Waals surface area (Å²) in [4.78, 5) is 20.9.